The topological polar surface area (TPSA) is 55.1 Å². The first kappa shape index (κ1) is 11.0. The molecule has 0 aliphatic heterocycles. The maximum absolute atomic E-state index is 11.4. The van der Waals surface area contributed by atoms with Crippen LogP contribution >= 0.6 is 0 Å². The van der Waals surface area contributed by atoms with E-state index in [1.807, 2.05) is 37.3 Å². The summed E-state index contributed by atoms with van der Waals surface area (Å²) in [7, 11) is 0. The Bertz CT molecular complexity index is 598. The predicted molar refractivity (Wildman–Crippen MR) is 67.2 cm³/mol. The van der Waals surface area contributed by atoms with E-state index in [9.17, 15) is 9.90 Å². The van der Waals surface area contributed by atoms with Gasteiger partial charge in [0.15, 0.2) is 0 Å². The average molecular weight is 242 g/mol. The first-order valence-electron chi connectivity index (χ1n) is 6.06. The summed E-state index contributed by atoms with van der Waals surface area (Å²) < 4.78 is 1.73. The molecule has 92 valence electrons. The van der Waals surface area contributed by atoms with E-state index >= 15 is 0 Å². The van der Waals surface area contributed by atoms with Gasteiger partial charge >= 0.3 is 5.97 Å². The van der Waals surface area contributed by atoms with Crippen LogP contribution in [0.25, 0.3) is 5.69 Å². The number of aromatic nitrogens is 2. The third kappa shape index (κ3) is 1.70. The van der Waals surface area contributed by atoms with E-state index in [-0.39, 0.29) is 0 Å². The van der Waals surface area contributed by atoms with Crippen molar-refractivity contribution in [3.63, 3.8) is 0 Å². The normalized spacial score (nSPS) is 14.7. The minimum absolute atomic E-state index is 0.333. The predicted octanol–water partition coefficient (Wildman–Crippen LogP) is 2.76. The zero-order valence-electron chi connectivity index (χ0n) is 10.1. The van der Waals surface area contributed by atoms with Crippen LogP contribution in [0.15, 0.2) is 30.3 Å². The third-order valence-corrected chi connectivity index (χ3v) is 3.32. The molecule has 0 spiro atoms. The van der Waals surface area contributed by atoms with E-state index < -0.39 is 5.97 Å². The molecule has 18 heavy (non-hydrogen) atoms. The first-order valence-corrected chi connectivity index (χ1v) is 6.06. The van der Waals surface area contributed by atoms with E-state index in [4.69, 9.17) is 0 Å². The molecule has 2 aromatic rings. The Morgan fingerprint density at radius 2 is 2.00 bits per heavy atom. The second kappa shape index (κ2) is 3.98. The molecule has 0 amide bonds. The van der Waals surface area contributed by atoms with Crippen LogP contribution in [0.3, 0.4) is 0 Å². The molecule has 0 radical (unpaired) electrons. The molecule has 0 bridgehead atoms. The van der Waals surface area contributed by atoms with Gasteiger partial charge in [0.25, 0.3) is 0 Å². The van der Waals surface area contributed by atoms with E-state index in [1.54, 1.807) is 4.68 Å². The number of carboxylic acids is 1. The number of hydrogen-bond donors (Lipinski definition) is 1. The van der Waals surface area contributed by atoms with Crippen LogP contribution < -0.4 is 0 Å². The van der Waals surface area contributed by atoms with E-state index in [2.05, 4.69) is 5.10 Å². The van der Waals surface area contributed by atoms with Gasteiger partial charge in [-0.25, -0.2) is 9.48 Å². The lowest BCUT2D eigenvalue weighted by Gasteiger charge is -2.03. The number of carboxylic acid groups (broad SMARTS) is 1. The van der Waals surface area contributed by atoms with Gasteiger partial charge < -0.3 is 5.11 Å². The van der Waals surface area contributed by atoms with Crippen LogP contribution in [0, 0.1) is 6.92 Å². The second-order valence-corrected chi connectivity index (χ2v) is 4.67. The average Bonchev–Trinajstić information content (AvgIpc) is 3.14. The largest absolute Gasteiger partial charge is 0.478 e. The number of carbonyl (C=O) groups is 1. The van der Waals surface area contributed by atoms with Crippen LogP contribution in [0.2, 0.25) is 0 Å². The van der Waals surface area contributed by atoms with E-state index in [0.717, 1.165) is 24.2 Å². The van der Waals surface area contributed by atoms with Crippen LogP contribution in [0.4, 0.5) is 0 Å². The molecule has 3 rings (SSSR count). The van der Waals surface area contributed by atoms with Crippen LogP contribution in [-0.2, 0) is 0 Å². The molecule has 1 fully saturated rings. The zero-order chi connectivity index (χ0) is 12.7. The molecule has 0 atom stereocenters. The van der Waals surface area contributed by atoms with Gasteiger partial charge in [0.05, 0.1) is 17.1 Å². The summed E-state index contributed by atoms with van der Waals surface area (Å²) in [5.41, 5.74) is 2.73. The highest BCUT2D eigenvalue weighted by atomic mass is 16.4. The zero-order valence-corrected chi connectivity index (χ0v) is 10.1. The SMILES string of the molecule is Cc1c(C(=O)O)c(C2CC2)nn1-c1ccccc1. The van der Waals surface area contributed by atoms with Gasteiger partial charge in [-0.2, -0.15) is 5.10 Å². The Labute approximate surface area is 105 Å². The molecule has 1 N–H and O–H groups in total. The van der Waals surface area contributed by atoms with Crippen LogP contribution in [-0.4, -0.2) is 20.9 Å². The molecular formula is C14H14N2O2. The van der Waals surface area contributed by atoms with E-state index in [0.29, 0.717) is 17.2 Å². The van der Waals surface area contributed by atoms with Crippen molar-refractivity contribution in [1.29, 1.82) is 0 Å². The highest BCUT2D eigenvalue weighted by molar-refractivity contribution is 5.90. The minimum Gasteiger partial charge on any atom is -0.478 e. The minimum atomic E-state index is -0.878. The van der Waals surface area contributed by atoms with Gasteiger partial charge in [0.2, 0.25) is 0 Å². The van der Waals surface area contributed by atoms with Crippen molar-refractivity contribution in [3.05, 3.63) is 47.3 Å². The van der Waals surface area contributed by atoms with Gasteiger partial charge in [0.1, 0.15) is 5.56 Å². The lowest BCUT2D eigenvalue weighted by atomic mass is 10.1. The molecule has 1 heterocycles. The van der Waals surface area contributed by atoms with Crippen molar-refractivity contribution in [1.82, 2.24) is 9.78 Å². The van der Waals surface area contributed by atoms with E-state index in [1.165, 1.54) is 0 Å². The number of rotatable bonds is 3. The lowest BCUT2D eigenvalue weighted by molar-refractivity contribution is 0.0695. The highest BCUT2D eigenvalue weighted by Gasteiger charge is 2.33. The lowest BCUT2D eigenvalue weighted by Crippen LogP contribution is -2.02. The first-order chi connectivity index (χ1) is 8.68. The third-order valence-electron chi connectivity index (χ3n) is 3.32. The van der Waals surface area contributed by atoms with Crippen molar-refractivity contribution >= 4 is 5.97 Å². The Balaban J connectivity index is 2.17. The second-order valence-electron chi connectivity index (χ2n) is 4.67. The number of para-hydroxylation sites is 1. The molecule has 1 aromatic carbocycles. The monoisotopic (exact) mass is 242 g/mol. The summed E-state index contributed by atoms with van der Waals surface area (Å²) in [6.07, 6.45) is 2.09. The fourth-order valence-electron chi connectivity index (χ4n) is 2.25. The summed E-state index contributed by atoms with van der Waals surface area (Å²) >= 11 is 0. The number of hydrogen-bond acceptors (Lipinski definition) is 2. The molecule has 0 saturated heterocycles. The molecule has 4 heteroatoms. The summed E-state index contributed by atoms with van der Waals surface area (Å²) in [6.45, 7) is 1.81. The number of aromatic carboxylic acids is 1. The maximum atomic E-state index is 11.4. The van der Waals surface area contributed by atoms with Crippen molar-refractivity contribution in [2.24, 2.45) is 0 Å². The van der Waals surface area contributed by atoms with Gasteiger partial charge in [0, 0.05) is 5.92 Å². The Kier molecular flexibility index (Phi) is 2.44. The van der Waals surface area contributed by atoms with Crippen molar-refractivity contribution in [2.45, 2.75) is 25.7 Å². The van der Waals surface area contributed by atoms with Crippen LogP contribution in [0.5, 0.6) is 0 Å². The summed E-state index contributed by atoms with van der Waals surface area (Å²) in [5, 5.41) is 13.8. The molecule has 1 saturated carbocycles. The van der Waals surface area contributed by atoms with Gasteiger partial charge in [-0.1, -0.05) is 18.2 Å². The Hall–Kier alpha value is -2.10. The molecule has 1 aliphatic rings. The standard InChI is InChI=1S/C14H14N2O2/c1-9-12(14(17)18)13(10-7-8-10)15-16(9)11-5-3-2-4-6-11/h2-6,10H,7-8H2,1H3,(H,17,18). The fourth-order valence-corrected chi connectivity index (χ4v) is 2.25. The molecule has 0 unspecified atom stereocenters. The molecule has 1 aliphatic carbocycles. The summed E-state index contributed by atoms with van der Waals surface area (Å²) in [5.74, 6) is -0.545. The van der Waals surface area contributed by atoms with Crippen LogP contribution in [0.1, 0.15) is 40.5 Å². The van der Waals surface area contributed by atoms with Crippen molar-refractivity contribution in [3.8, 4) is 5.69 Å². The maximum Gasteiger partial charge on any atom is 0.339 e. The van der Waals surface area contributed by atoms with Gasteiger partial charge in [-0.15, -0.1) is 0 Å². The Morgan fingerprint density at radius 1 is 1.33 bits per heavy atom. The number of nitrogens with zero attached hydrogens (tertiary/aromatic N) is 2. The quantitative estimate of drug-likeness (QED) is 0.900. The van der Waals surface area contributed by atoms with Gasteiger partial charge in [-0.3, -0.25) is 0 Å². The van der Waals surface area contributed by atoms with Crippen molar-refractivity contribution in [2.75, 3.05) is 0 Å². The fraction of sp³-hybridized carbons (Fsp3) is 0.286. The summed E-state index contributed by atoms with van der Waals surface area (Å²) in [6, 6.07) is 9.65. The highest BCUT2D eigenvalue weighted by Crippen LogP contribution is 2.41. The van der Waals surface area contributed by atoms with Gasteiger partial charge in [-0.05, 0) is 31.9 Å². The van der Waals surface area contributed by atoms with Crippen molar-refractivity contribution < 1.29 is 9.90 Å². The molecule has 4 nitrogen and oxygen atoms in total. The molecule has 1 aromatic heterocycles. The summed E-state index contributed by atoms with van der Waals surface area (Å²) in [4.78, 5) is 11.4. The smallest absolute Gasteiger partial charge is 0.339 e. The Morgan fingerprint density at radius 3 is 2.56 bits per heavy atom. The number of benzene rings is 1. The molecular weight excluding hydrogens is 228 g/mol.